The van der Waals surface area contributed by atoms with Gasteiger partial charge in [0, 0.05) is 25.2 Å². The Kier molecular flexibility index (Phi) is 5.77. The minimum Gasteiger partial charge on any atom is -0.327 e. The molecule has 0 saturated heterocycles. The van der Waals surface area contributed by atoms with E-state index in [1.54, 1.807) is 0 Å². The maximum Gasteiger partial charge on any atom is 0.00793 e. The van der Waals surface area contributed by atoms with Crippen molar-refractivity contribution in [3.8, 4) is 0 Å². The Morgan fingerprint density at radius 1 is 1.12 bits per heavy atom. The van der Waals surface area contributed by atoms with E-state index < -0.39 is 0 Å². The van der Waals surface area contributed by atoms with Crippen LogP contribution in [0.1, 0.15) is 53.4 Å². The molecular formula is C14H30N2. The van der Waals surface area contributed by atoms with Crippen LogP contribution in [0.25, 0.3) is 0 Å². The molecule has 0 aromatic rings. The summed E-state index contributed by atoms with van der Waals surface area (Å²) in [6, 6.07) is 1.10. The lowest BCUT2D eigenvalue weighted by Crippen LogP contribution is -2.44. The highest BCUT2D eigenvalue weighted by atomic mass is 15.1. The molecule has 1 fully saturated rings. The molecule has 0 heterocycles. The maximum atomic E-state index is 6.23. The Bertz CT molecular complexity index is 189. The summed E-state index contributed by atoms with van der Waals surface area (Å²) in [5.74, 6) is 1.48. The van der Waals surface area contributed by atoms with Crippen LogP contribution < -0.4 is 5.73 Å². The number of hydrogen-bond acceptors (Lipinski definition) is 2. The monoisotopic (exact) mass is 226 g/mol. The molecule has 1 aliphatic rings. The van der Waals surface area contributed by atoms with E-state index in [-0.39, 0.29) is 0 Å². The minimum absolute atomic E-state index is 0.446. The smallest absolute Gasteiger partial charge is 0.00793 e. The van der Waals surface area contributed by atoms with Crippen LogP contribution in [0.3, 0.4) is 0 Å². The summed E-state index contributed by atoms with van der Waals surface area (Å²) in [5, 5.41) is 0. The quantitative estimate of drug-likeness (QED) is 0.781. The molecule has 2 nitrogen and oxygen atoms in total. The normalized spacial score (nSPS) is 27.0. The van der Waals surface area contributed by atoms with Crippen molar-refractivity contribution in [2.45, 2.75) is 65.5 Å². The van der Waals surface area contributed by atoms with Crippen molar-refractivity contribution in [2.75, 3.05) is 13.1 Å². The highest BCUT2D eigenvalue weighted by molar-refractivity contribution is 4.81. The molecule has 0 aromatic heterocycles. The van der Waals surface area contributed by atoms with Gasteiger partial charge in [-0.25, -0.2) is 0 Å². The van der Waals surface area contributed by atoms with Crippen LogP contribution in [0.5, 0.6) is 0 Å². The fraction of sp³-hybridized carbons (Fsp3) is 1.00. The van der Waals surface area contributed by atoms with Gasteiger partial charge in [0.25, 0.3) is 0 Å². The molecule has 2 unspecified atom stereocenters. The van der Waals surface area contributed by atoms with Gasteiger partial charge in [0.2, 0.25) is 0 Å². The molecule has 2 heteroatoms. The second-order valence-electron chi connectivity index (χ2n) is 6.15. The Labute approximate surface area is 102 Å². The zero-order chi connectivity index (χ0) is 12.1. The van der Waals surface area contributed by atoms with E-state index >= 15 is 0 Å². The van der Waals surface area contributed by atoms with Gasteiger partial charge in [-0.15, -0.1) is 0 Å². The van der Waals surface area contributed by atoms with E-state index in [9.17, 15) is 0 Å². The summed E-state index contributed by atoms with van der Waals surface area (Å²) in [5.41, 5.74) is 6.23. The average Bonchev–Trinajstić information content (AvgIpc) is 2.19. The fourth-order valence-corrected chi connectivity index (χ4v) is 2.73. The van der Waals surface area contributed by atoms with Crippen LogP contribution in [-0.2, 0) is 0 Å². The van der Waals surface area contributed by atoms with Gasteiger partial charge in [-0.1, -0.05) is 26.7 Å². The lowest BCUT2D eigenvalue weighted by atomic mass is 9.84. The van der Waals surface area contributed by atoms with Crippen LogP contribution in [0.4, 0.5) is 0 Å². The summed E-state index contributed by atoms with van der Waals surface area (Å²) in [4.78, 5) is 2.61. The van der Waals surface area contributed by atoms with Crippen LogP contribution in [0.2, 0.25) is 0 Å². The number of rotatable bonds is 5. The van der Waals surface area contributed by atoms with Crippen LogP contribution >= 0.6 is 0 Å². The van der Waals surface area contributed by atoms with Gasteiger partial charge in [-0.05, 0) is 38.5 Å². The second-order valence-corrected chi connectivity index (χ2v) is 6.15. The van der Waals surface area contributed by atoms with Crippen molar-refractivity contribution in [2.24, 2.45) is 17.6 Å². The molecule has 0 spiro atoms. The zero-order valence-electron chi connectivity index (χ0n) is 11.6. The largest absolute Gasteiger partial charge is 0.327 e. The van der Waals surface area contributed by atoms with Crippen molar-refractivity contribution < 1.29 is 0 Å². The predicted molar refractivity (Wildman–Crippen MR) is 71.5 cm³/mol. The van der Waals surface area contributed by atoms with E-state index in [2.05, 4.69) is 32.6 Å². The average molecular weight is 226 g/mol. The summed E-state index contributed by atoms with van der Waals surface area (Å²) in [6.07, 6.45) is 5.29. The number of nitrogens with zero attached hydrogens (tertiary/aromatic N) is 1. The van der Waals surface area contributed by atoms with Gasteiger partial charge in [0.15, 0.2) is 0 Å². The van der Waals surface area contributed by atoms with E-state index in [4.69, 9.17) is 5.73 Å². The van der Waals surface area contributed by atoms with Crippen LogP contribution in [-0.4, -0.2) is 30.1 Å². The molecular weight excluding hydrogens is 196 g/mol. The maximum absolute atomic E-state index is 6.23. The summed E-state index contributed by atoms with van der Waals surface area (Å²) < 4.78 is 0. The first-order valence-electron chi connectivity index (χ1n) is 7.00. The molecule has 1 aliphatic carbocycles. The van der Waals surface area contributed by atoms with Gasteiger partial charge < -0.3 is 10.6 Å². The summed E-state index contributed by atoms with van der Waals surface area (Å²) in [7, 11) is 0. The van der Waals surface area contributed by atoms with E-state index in [1.807, 2.05) is 0 Å². The van der Waals surface area contributed by atoms with Crippen molar-refractivity contribution in [3.63, 3.8) is 0 Å². The Morgan fingerprint density at radius 2 is 1.75 bits per heavy atom. The van der Waals surface area contributed by atoms with Crippen molar-refractivity contribution in [1.29, 1.82) is 0 Å². The van der Waals surface area contributed by atoms with E-state index in [0.717, 1.165) is 11.8 Å². The SMILES string of the molecule is CC(C)CN(CC1CCCCC1N)C(C)C. The Morgan fingerprint density at radius 3 is 2.25 bits per heavy atom. The highest BCUT2D eigenvalue weighted by Crippen LogP contribution is 2.24. The predicted octanol–water partition coefficient (Wildman–Crippen LogP) is 2.87. The van der Waals surface area contributed by atoms with Gasteiger partial charge in [0.1, 0.15) is 0 Å². The second kappa shape index (κ2) is 6.61. The number of nitrogens with two attached hydrogens (primary N) is 1. The molecule has 0 bridgehead atoms. The third-order valence-corrected chi connectivity index (χ3v) is 3.77. The molecule has 2 N–H and O–H groups in total. The minimum atomic E-state index is 0.446. The van der Waals surface area contributed by atoms with Crippen molar-refractivity contribution >= 4 is 0 Å². The lowest BCUT2D eigenvalue weighted by molar-refractivity contribution is 0.139. The Hall–Kier alpha value is -0.0800. The first kappa shape index (κ1) is 14.0. The molecule has 2 atom stereocenters. The standard InChI is InChI=1S/C14H30N2/c1-11(2)9-16(12(3)4)10-13-7-5-6-8-14(13)15/h11-14H,5-10,15H2,1-4H3. The molecule has 1 saturated carbocycles. The molecule has 96 valence electrons. The van der Waals surface area contributed by atoms with Crippen LogP contribution in [0, 0.1) is 11.8 Å². The summed E-state index contributed by atoms with van der Waals surface area (Å²) in [6.45, 7) is 11.6. The summed E-state index contributed by atoms with van der Waals surface area (Å²) >= 11 is 0. The zero-order valence-corrected chi connectivity index (χ0v) is 11.6. The highest BCUT2D eigenvalue weighted by Gasteiger charge is 2.25. The van der Waals surface area contributed by atoms with Gasteiger partial charge in [-0.2, -0.15) is 0 Å². The molecule has 0 amide bonds. The third-order valence-electron chi connectivity index (χ3n) is 3.77. The van der Waals surface area contributed by atoms with E-state index in [0.29, 0.717) is 12.1 Å². The van der Waals surface area contributed by atoms with Crippen LogP contribution in [0.15, 0.2) is 0 Å². The molecule has 0 radical (unpaired) electrons. The molecule has 1 rings (SSSR count). The lowest BCUT2D eigenvalue weighted by Gasteiger charge is -2.36. The van der Waals surface area contributed by atoms with Gasteiger partial charge in [-0.3, -0.25) is 0 Å². The van der Waals surface area contributed by atoms with Crippen molar-refractivity contribution in [3.05, 3.63) is 0 Å². The van der Waals surface area contributed by atoms with Gasteiger partial charge in [0.05, 0.1) is 0 Å². The van der Waals surface area contributed by atoms with Crippen molar-refractivity contribution in [1.82, 2.24) is 4.90 Å². The first-order chi connectivity index (χ1) is 7.50. The number of hydrogen-bond donors (Lipinski definition) is 1. The Balaban J connectivity index is 2.46. The molecule has 16 heavy (non-hydrogen) atoms. The third kappa shape index (κ3) is 4.42. The topological polar surface area (TPSA) is 29.3 Å². The fourth-order valence-electron chi connectivity index (χ4n) is 2.73. The molecule has 0 aromatic carbocycles. The first-order valence-corrected chi connectivity index (χ1v) is 7.00. The van der Waals surface area contributed by atoms with E-state index in [1.165, 1.54) is 38.8 Å². The van der Waals surface area contributed by atoms with Gasteiger partial charge >= 0.3 is 0 Å². The molecule has 0 aliphatic heterocycles.